The van der Waals surface area contributed by atoms with Crippen LogP contribution < -0.4 is 4.90 Å². The van der Waals surface area contributed by atoms with Crippen molar-refractivity contribution in [2.75, 3.05) is 11.4 Å². The number of benzene rings is 2. The van der Waals surface area contributed by atoms with Gasteiger partial charge in [-0.2, -0.15) is 0 Å². The van der Waals surface area contributed by atoms with E-state index >= 15 is 0 Å². The average molecular weight is 417 g/mol. The van der Waals surface area contributed by atoms with Crippen molar-refractivity contribution in [2.24, 2.45) is 0 Å². The summed E-state index contributed by atoms with van der Waals surface area (Å²) in [5, 5.41) is 9.42. The molecule has 148 valence electrons. The van der Waals surface area contributed by atoms with Gasteiger partial charge in [-0.1, -0.05) is 23.7 Å². The molecule has 0 radical (unpaired) electrons. The van der Waals surface area contributed by atoms with Crippen molar-refractivity contribution in [3.63, 3.8) is 0 Å². The number of nitrogens with zero attached hydrogens (tertiary/aromatic N) is 2. The third-order valence-electron chi connectivity index (χ3n) is 5.17. The van der Waals surface area contributed by atoms with Gasteiger partial charge in [0.2, 0.25) is 17.7 Å². The van der Waals surface area contributed by atoms with E-state index in [-0.39, 0.29) is 22.8 Å². The molecule has 2 aromatic rings. The van der Waals surface area contributed by atoms with Crippen LogP contribution in [0.5, 0.6) is 0 Å². The minimum absolute atomic E-state index is 0.195. The highest BCUT2D eigenvalue weighted by atomic mass is 35.5. The highest BCUT2D eigenvalue weighted by Gasteiger charge is 2.63. The van der Waals surface area contributed by atoms with Gasteiger partial charge in [-0.05, 0) is 35.9 Å². The molecule has 2 heterocycles. The third-order valence-corrected chi connectivity index (χ3v) is 5.41. The first-order chi connectivity index (χ1) is 13.7. The van der Waals surface area contributed by atoms with E-state index in [0.29, 0.717) is 5.56 Å². The summed E-state index contributed by atoms with van der Waals surface area (Å²) in [6, 6.07) is 9.80. The Balaban J connectivity index is 1.78. The quantitative estimate of drug-likeness (QED) is 0.608. The van der Waals surface area contributed by atoms with Gasteiger partial charge >= 0.3 is 5.97 Å². The summed E-state index contributed by atoms with van der Waals surface area (Å²) in [5.74, 6) is -3.93. The summed E-state index contributed by atoms with van der Waals surface area (Å²) < 4.78 is 13.5. The first-order valence-electron chi connectivity index (χ1n) is 8.67. The summed E-state index contributed by atoms with van der Waals surface area (Å²) in [4.78, 5) is 52.3. The van der Waals surface area contributed by atoms with E-state index in [1.165, 1.54) is 36.4 Å². The Morgan fingerprint density at radius 2 is 1.83 bits per heavy atom. The number of fused-ring (bicyclic) bond motifs is 2. The van der Waals surface area contributed by atoms with Crippen molar-refractivity contribution in [2.45, 2.75) is 18.4 Å². The molecule has 0 aliphatic carbocycles. The largest absolute Gasteiger partial charge is 0.480 e. The fraction of sp³-hybridized carbons (Fsp3) is 0.200. The molecule has 0 saturated carbocycles. The van der Waals surface area contributed by atoms with E-state index in [0.717, 1.165) is 9.80 Å². The Morgan fingerprint density at radius 3 is 2.52 bits per heavy atom. The molecule has 7 nitrogen and oxygen atoms in total. The number of carbonyl (C=O) groups is 4. The van der Waals surface area contributed by atoms with Crippen molar-refractivity contribution in [1.82, 2.24) is 4.90 Å². The SMILES string of the molecule is O=C(O)CN1C(=O)C2(CC(=O)N(Cc3cccc(F)c3)C2=O)c2cc(Cl)ccc21. The monoisotopic (exact) mass is 416 g/mol. The van der Waals surface area contributed by atoms with E-state index < -0.39 is 47.9 Å². The molecule has 9 heteroatoms. The maximum atomic E-state index is 13.5. The fourth-order valence-electron chi connectivity index (χ4n) is 3.93. The second-order valence-electron chi connectivity index (χ2n) is 6.94. The molecule has 2 aromatic carbocycles. The maximum absolute atomic E-state index is 13.5. The van der Waals surface area contributed by atoms with Gasteiger partial charge in [-0.15, -0.1) is 0 Å². The Hall–Kier alpha value is -3.26. The predicted octanol–water partition coefficient (Wildman–Crippen LogP) is 2.11. The van der Waals surface area contributed by atoms with Crippen molar-refractivity contribution in [1.29, 1.82) is 0 Å². The van der Waals surface area contributed by atoms with Crippen LogP contribution in [0, 0.1) is 5.82 Å². The third kappa shape index (κ3) is 2.87. The number of hydrogen-bond acceptors (Lipinski definition) is 4. The summed E-state index contributed by atoms with van der Waals surface area (Å²) in [5.41, 5.74) is -1.03. The zero-order valence-corrected chi connectivity index (χ0v) is 15.6. The zero-order valence-electron chi connectivity index (χ0n) is 14.9. The number of amides is 3. The van der Waals surface area contributed by atoms with Crippen LogP contribution in [0.1, 0.15) is 17.5 Å². The Morgan fingerprint density at radius 1 is 1.10 bits per heavy atom. The van der Waals surface area contributed by atoms with Crippen LogP contribution in [0.15, 0.2) is 42.5 Å². The highest BCUT2D eigenvalue weighted by Crippen LogP contribution is 2.49. The van der Waals surface area contributed by atoms with Crippen LogP contribution >= 0.6 is 11.6 Å². The van der Waals surface area contributed by atoms with Gasteiger partial charge in [0.05, 0.1) is 13.0 Å². The smallest absolute Gasteiger partial charge is 0.323 e. The lowest BCUT2D eigenvalue weighted by Gasteiger charge is -2.22. The van der Waals surface area contributed by atoms with Crippen molar-refractivity contribution < 1.29 is 28.7 Å². The van der Waals surface area contributed by atoms with E-state index in [1.54, 1.807) is 6.07 Å². The lowest BCUT2D eigenvalue weighted by atomic mass is 9.80. The molecule has 1 spiro atoms. The number of imide groups is 1. The number of carboxylic acids is 1. The number of halogens is 2. The standard InChI is InChI=1S/C20H14ClFN2O5/c21-12-4-5-15-14(7-12)20(18(28)23(15)10-17(26)27)8-16(25)24(19(20)29)9-11-2-1-3-13(22)6-11/h1-7H,8-10H2,(H,26,27). The number of anilines is 1. The average Bonchev–Trinajstić information content (AvgIpc) is 3.03. The number of aliphatic carboxylic acids is 1. The van der Waals surface area contributed by atoms with Crippen LogP contribution in [0.4, 0.5) is 10.1 Å². The zero-order chi connectivity index (χ0) is 20.9. The van der Waals surface area contributed by atoms with Gasteiger partial charge in [0.15, 0.2) is 5.41 Å². The second-order valence-corrected chi connectivity index (χ2v) is 7.38. The first-order valence-corrected chi connectivity index (χ1v) is 9.05. The lowest BCUT2D eigenvalue weighted by Crippen LogP contribution is -2.47. The van der Waals surface area contributed by atoms with Gasteiger partial charge < -0.3 is 5.11 Å². The van der Waals surface area contributed by atoms with E-state index in [1.807, 2.05) is 0 Å². The van der Waals surface area contributed by atoms with Gasteiger partial charge in [-0.3, -0.25) is 29.0 Å². The second kappa shape index (κ2) is 6.66. The molecule has 1 atom stereocenters. The molecule has 29 heavy (non-hydrogen) atoms. The van der Waals surface area contributed by atoms with Crippen LogP contribution in [0.3, 0.4) is 0 Å². The molecule has 4 rings (SSSR count). The van der Waals surface area contributed by atoms with Gasteiger partial charge in [-0.25, -0.2) is 4.39 Å². The van der Waals surface area contributed by atoms with Crippen LogP contribution in [-0.2, 0) is 31.1 Å². The summed E-state index contributed by atoms with van der Waals surface area (Å²) in [7, 11) is 0. The van der Waals surface area contributed by atoms with E-state index in [9.17, 15) is 28.7 Å². The maximum Gasteiger partial charge on any atom is 0.323 e. The van der Waals surface area contributed by atoms with Crippen LogP contribution in [0.25, 0.3) is 0 Å². The molecule has 1 N–H and O–H groups in total. The number of carboxylic acid groups (broad SMARTS) is 1. The number of hydrogen-bond donors (Lipinski definition) is 1. The van der Waals surface area contributed by atoms with Crippen molar-refractivity contribution >= 4 is 41.0 Å². The van der Waals surface area contributed by atoms with Crippen molar-refractivity contribution in [3.05, 3.63) is 64.4 Å². The van der Waals surface area contributed by atoms with Crippen molar-refractivity contribution in [3.8, 4) is 0 Å². The normalized spacial score (nSPS) is 20.7. The summed E-state index contributed by atoms with van der Waals surface area (Å²) in [6.07, 6.45) is -0.441. The summed E-state index contributed by atoms with van der Waals surface area (Å²) in [6.45, 7) is -0.847. The molecule has 2 aliphatic rings. The van der Waals surface area contributed by atoms with E-state index in [2.05, 4.69) is 0 Å². The first kappa shape index (κ1) is 19.1. The molecular formula is C20H14ClFN2O5. The van der Waals surface area contributed by atoms with Crippen LogP contribution in [0.2, 0.25) is 5.02 Å². The van der Waals surface area contributed by atoms with Gasteiger partial charge in [0.1, 0.15) is 12.4 Å². The topological polar surface area (TPSA) is 95.0 Å². The fourth-order valence-corrected chi connectivity index (χ4v) is 4.10. The number of likely N-dealkylation sites (tertiary alicyclic amines) is 1. The molecular weight excluding hydrogens is 403 g/mol. The molecule has 1 unspecified atom stereocenters. The minimum Gasteiger partial charge on any atom is -0.480 e. The lowest BCUT2D eigenvalue weighted by molar-refractivity contribution is -0.143. The molecule has 1 saturated heterocycles. The van der Waals surface area contributed by atoms with Crippen LogP contribution in [-0.4, -0.2) is 40.2 Å². The van der Waals surface area contributed by atoms with Gasteiger partial charge in [0.25, 0.3) is 0 Å². The Labute approximate surface area is 169 Å². The molecule has 3 amide bonds. The Bertz CT molecular complexity index is 1090. The molecule has 2 aliphatic heterocycles. The molecule has 1 fully saturated rings. The minimum atomic E-state index is -1.86. The van der Waals surface area contributed by atoms with Gasteiger partial charge in [0, 0.05) is 16.3 Å². The van der Waals surface area contributed by atoms with E-state index in [4.69, 9.17) is 11.6 Å². The number of rotatable bonds is 4. The summed E-state index contributed by atoms with van der Waals surface area (Å²) >= 11 is 6.06. The highest BCUT2D eigenvalue weighted by molar-refractivity contribution is 6.32. The predicted molar refractivity (Wildman–Crippen MR) is 99.7 cm³/mol. The molecule has 0 bridgehead atoms. The Kier molecular flexibility index (Phi) is 4.38. The number of carbonyl (C=O) groups excluding carboxylic acids is 3. The molecule has 0 aromatic heterocycles.